The molecule has 1 fully saturated rings. The molecule has 17 heavy (non-hydrogen) atoms. The monoisotopic (exact) mass is 240 g/mol. The van der Waals surface area contributed by atoms with Crippen LogP contribution in [0.4, 0.5) is 5.69 Å². The number of nitro groups is 1. The van der Waals surface area contributed by atoms with Crippen LogP contribution in [0.3, 0.4) is 0 Å². The molecule has 1 aliphatic carbocycles. The van der Waals surface area contributed by atoms with Crippen LogP contribution < -0.4 is 5.73 Å². The molecule has 1 aromatic heterocycles. The highest BCUT2D eigenvalue weighted by atomic mass is 16.6. The average molecular weight is 240 g/mol. The Kier molecular flexibility index (Phi) is 3.12. The Morgan fingerprint density at radius 2 is 2.29 bits per heavy atom. The molecule has 1 aromatic rings. The van der Waals surface area contributed by atoms with Gasteiger partial charge in [-0.25, -0.2) is 0 Å². The first kappa shape index (κ1) is 12.0. The molecular formula is C10H16N4O3. The molecule has 0 atom stereocenters. The van der Waals surface area contributed by atoms with E-state index < -0.39 is 10.5 Å². The van der Waals surface area contributed by atoms with Crippen LogP contribution in [0, 0.1) is 10.1 Å². The molecule has 0 saturated heterocycles. The van der Waals surface area contributed by atoms with Crippen LogP contribution in [0.1, 0.15) is 25.7 Å². The summed E-state index contributed by atoms with van der Waals surface area (Å²) in [5.74, 6) is 0. The van der Waals surface area contributed by atoms with E-state index >= 15 is 0 Å². The maximum Gasteiger partial charge on any atom is 0.306 e. The van der Waals surface area contributed by atoms with Crippen molar-refractivity contribution in [3.8, 4) is 0 Å². The van der Waals surface area contributed by atoms with E-state index in [2.05, 4.69) is 5.10 Å². The lowest BCUT2D eigenvalue weighted by Gasteiger charge is -2.34. The van der Waals surface area contributed by atoms with Crippen molar-refractivity contribution >= 4 is 5.69 Å². The van der Waals surface area contributed by atoms with Crippen molar-refractivity contribution in [2.24, 2.45) is 5.73 Å². The normalized spacial score (nSPS) is 29.2. The molecule has 0 aromatic carbocycles. The van der Waals surface area contributed by atoms with Crippen molar-refractivity contribution < 1.29 is 10.0 Å². The number of hydrogen-bond donors (Lipinski definition) is 2. The Labute approximate surface area is 98.4 Å². The number of nitrogens with zero attached hydrogens (tertiary/aromatic N) is 3. The Hall–Kier alpha value is -1.47. The summed E-state index contributed by atoms with van der Waals surface area (Å²) < 4.78 is 1.43. The smallest absolute Gasteiger partial charge is 0.306 e. The van der Waals surface area contributed by atoms with Crippen molar-refractivity contribution in [3.05, 3.63) is 22.5 Å². The first-order valence-electron chi connectivity index (χ1n) is 5.63. The third-order valence-electron chi connectivity index (χ3n) is 3.25. The predicted molar refractivity (Wildman–Crippen MR) is 60.3 cm³/mol. The van der Waals surface area contributed by atoms with Gasteiger partial charge in [-0.1, -0.05) is 0 Å². The van der Waals surface area contributed by atoms with Gasteiger partial charge in [-0.05, 0) is 25.7 Å². The van der Waals surface area contributed by atoms with Gasteiger partial charge in [-0.2, -0.15) is 5.10 Å². The third kappa shape index (κ3) is 2.80. The zero-order chi connectivity index (χ0) is 12.5. The fourth-order valence-electron chi connectivity index (χ4n) is 2.17. The Bertz CT molecular complexity index is 409. The van der Waals surface area contributed by atoms with Crippen LogP contribution in [-0.2, 0) is 6.54 Å². The van der Waals surface area contributed by atoms with Crippen molar-refractivity contribution in [1.29, 1.82) is 0 Å². The molecule has 0 amide bonds. The fraction of sp³-hybridized carbons (Fsp3) is 0.700. The molecule has 94 valence electrons. The summed E-state index contributed by atoms with van der Waals surface area (Å²) in [5, 5.41) is 24.7. The molecule has 7 nitrogen and oxygen atoms in total. The van der Waals surface area contributed by atoms with E-state index in [4.69, 9.17) is 5.73 Å². The number of rotatable bonds is 3. The maximum atomic E-state index is 10.5. The molecule has 0 bridgehead atoms. The molecule has 1 heterocycles. The number of hydrogen-bond acceptors (Lipinski definition) is 5. The van der Waals surface area contributed by atoms with Crippen molar-refractivity contribution in [2.45, 2.75) is 43.9 Å². The van der Waals surface area contributed by atoms with Gasteiger partial charge in [-0.15, -0.1) is 0 Å². The highest BCUT2D eigenvalue weighted by Crippen LogP contribution is 2.29. The van der Waals surface area contributed by atoms with Gasteiger partial charge in [0.25, 0.3) is 0 Å². The van der Waals surface area contributed by atoms with Crippen molar-refractivity contribution in [2.75, 3.05) is 0 Å². The molecule has 0 spiro atoms. The molecule has 0 radical (unpaired) electrons. The summed E-state index contributed by atoms with van der Waals surface area (Å²) in [6.07, 6.45) is 5.31. The summed E-state index contributed by atoms with van der Waals surface area (Å²) in [6.45, 7) is 0.285. The third-order valence-corrected chi connectivity index (χ3v) is 3.25. The minimum absolute atomic E-state index is 0.0545. The van der Waals surface area contributed by atoms with Gasteiger partial charge in [-0.3, -0.25) is 14.8 Å². The molecular weight excluding hydrogens is 224 g/mol. The van der Waals surface area contributed by atoms with Gasteiger partial charge >= 0.3 is 5.69 Å². The number of nitrogens with two attached hydrogens (primary N) is 1. The van der Waals surface area contributed by atoms with Gasteiger partial charge in [0.1, 0.15) is 12.4 Å². The summed E-state index contributed by atoms with van der Waals surface area (Å²) in [6, 6.07) is 0.155. The Morgan fingerprint density at radius 1 is 1.65 bits per heavy atom. The second kappa shape index (κ2) is 4.42. The summed E-state index contributed by atoms with van der Waals surface area (Å²) in [5.41, 5.74) is 4.88. The van der Waals surface area contributed by atoms with Crippen LogP contribution in [0.5, 0.6) is 0 Å². The van der Waals surface area contributed by atoms with E-state index in [0.29, 0.717) is 12.8 Å². The second-order valence-electron chi connectivity index (χ2n) is 4.71. The lowest BCUT2D eigenvalue weighted by Crippen LogP contribution is -2.42. The summed E-state index contributed by atoms with van der Waals surface area (Å²) >= 11 is 0. The zero-order valence-electron chi connectivity index (χ0n) is 9.45. The number of aromatic nitrogens is 2. The van der Waals surface area contributed by atoms with Crippen LogP contribution in [-0.4, -0.2) is 31.5 Å². The SMILES string of the molecule is NC1CCC(O)(Cn2cc([N+](=O)[O-])cn2)CC1. The largest absolute Gasteiger partial charge is 0.388 e. The van der Waals surface area contributed by atoms with E-state index in [1.165, 1.54) is 17.1 Å². The lowest BCUT2D eigenvalue weighted by molar-refractivity contribution is -0.385. The first-order valence-corrected chi connectivity index (χ1v) is 5.63. The molecule has 2 rings (SSSR count). The lowest BCUT2D eigenvalue weighted by atomic mass is 9.82. The van der Waals surface area contributed by atoms with Gasteiger partial charge in [0.2, 0.25) is 0 Å². The number of aliphatic hydroxyl groups is 1. The van der Waals surface area contributed by atoms with E-state index in [-0.39, 0.29) is 18.3 Å². The quantitative estimate of drug-likeness (QED) is 0.588. The van der Waals surface area contributed by atoms with E-state index in [9.17, 15) is 15.2 Å². The molecule has 1 saturated carbocycles. The highest BCUT2D eigenvalue weighted by Gasteiger charge is 2.33. The summed E-state index contributed by atoms with van der Waals surface area (Å²) in [7, 11) is 0. The molecule has 0 unspecified atom stereocenters. The second-order valence-corrected chi connectivity index (χ2v) is 4.71. The van der Waals surface area contributed by atoms with Crippen molar-refractivity contribution in [3.63, 3.8) is 0 Å². The topological polar surface area (TPSA) is 107 Å². The molecule has 3 N–H and O–H groups in total. The van der Waals surface area contributed by atoms with Crippen molar-refractivity contribution in [1.82, 2.24) is 9.78 Å². The van der Waals surface area contributed by atoms with Gasteiger partial charge in [0.05, 0.1) is 17.1 Å². The zero-order valence-corrected chi connectivity index (χ0v) is 9.45. The standard InChI is InChI=1S/C10H16N4O3/c11-8-1-3-10(15,4-2-8)7-13-6-9(5-12-13)14(16)17/h5-6,8,15H,1-4,7,11H2. The fourth-order valence-corrected chi connectivity index (χ4v) is 2.17. The minimum atomic E-state index is -0.838. The summed E-state index contributed by atoms with van der Waals surface area (Å²) in [4.78, 5) is 10.0. The molecule has 1 aliphatic rings. The van der Waals surface area contributed by atoms with Gasteiger partial charge < -0.3 is 10.8 Å². The first-order chi connectivity index (χ1) is 7.98. The highest BCUT2D eigenvalue weighted by molar-refractivity contribution is 5.20. The Balaban J connectivity index is 2.02. The van der Waals surface area contributed by atoms with Crippen LogP contribution in [0.2, 0.25) is 0 Å². The molecule has 0 aliphatic heterocycles. The van der Waals surface area contributed by atoms with E-state index in [1.54, 1.807) is 0 Å². The van der Waals surface area contributed by atoms with E-state index in [0.717, 1.165) is 12.8 Å². The predicted octanol–water partition coefficient (Wildman–Crippen LogP) is 0.424. The van der Waals surface area contributed by atoms with Gasteiger partial charge in [0.15, 0.2) is 0 Å². The van der Waals surface area contributed by atoms with Crippen LogP contribution in [0.25, 0.3) is 0 Å². The van der Waals surface area contributed by atoms with Gasteiger partial charge in [0, 0.05) is 6.04 Å². The van der Waals surface area contributed by atoms with Crippen LogP contribution in [0.15, 0.2) is 12.4 Å². The minimum Gasteiger partial charge on any atom is -0.388 e. The maximum absolute atomic E-state index is 10.5. The van der Waals surface area contributed by atoms with Crippen LogP contribution >= 0.6 is 0 Å². The Morgan fingerprint density at radius 3 is 2.82 bits per heavy atom. The average Bonchev–Trinajstić information content (AvgIpc) is 2.71. The van der Waals surface area contributed by atoms with E-state index in [1.807, 2.05) is 0 Å². The molecule has 7 heteroatoms.